The Hall–Kier alpha value is -0.860. The molecule has 0 saturated carbocycles. The van der Waals surface area contributed by atoms with Gasteiger partial charge >= 0.3 is 0 Å². The maximum Gasteiger partial charge on any atom is 0.191 e. The normalized spacial score (nSPS) is 15.5. The Balaban J connectivity index is 0.00000364. The zero-order valence-electron chi connectivity index (χ0n) is 17.2. The summed E-state index contributed by atoms with van der Waals surface area (Å²) in [5, 5.41) is 6.65. The van der Waals surface area contributed by atoms with Gasteiger partial charge in [0.05, 0.1) is 6.61 Å². The third kappa shape index (κ3) is 10.3. The van der Waals surface area contributed by atoms with Gasteiger partial charge in [-0.1, -0.05) is 44.5 Å². The largest absolute Gasteiger partial charge is 0.379 e. The third-order valence-corrected chi connectivity index (χ3v) is 4.55. The molecule has 6 heteroatoms. The number of guanidine groups is 1. The van der Waals surface area contributed by atoms with Crippen molar-refractivity contribution in [3.63, 3.8) is 0 Å². The van der Waals surface area contributed by atoms with Crippen LogP contribution in [0.5, 0.6) is 0 Å². The Morgan fingerprint density at radius 2 is 1.74 bits per heavy atom. The zero-order chi connectivity index (χ0) is 18.6. The van der Waals surface area contributed by atoms with Crippen LogP contribution in [0.1, 0.15) is 44.2 Å². The Bertz CT molecular complexity index is 527. The summed E-state index contributed by atoms with van der Waals surface area (Å²) in [7, 11) is 1.80. The summed E-state index contributed by atoms with van der Waals surface area (Å²) in [6.45, 7) is 10.9. The van der Waals surface area contributed by atoms with Crippen LogP contribution >= 0.6 is 24.0 Å². The number of hydrogen-bond acceptors (Lipinski definition) is 3. The van der Waals surface area contributed by atoms with Crippen molar-refractivity contribution in [1.29, 1.82) is 0 Å². The molecule has 27 heavy (non-hydrogen) atoms. The average Bonchev–Trinajstić information content (AvgIpc) is 2.66. The van der Waals surface area contributed by atoms with E-state index >= 15 is 0 Å². The third-order valence-electron chi connectivity index (χ3n) is 4.55. The molecule has 1 saturated heterocycles. The van der Waals surface area contributed by atoms with Gasteiger partial charge in [0.15, 0.2) is 5.96 Å². The van der Waals surface area contributed by atoms with Crippen molar-refractivity contribution in [2.75, 3.05) is 39.9 Å². The summed E-state index contributed by atoms with van der Waals surface area (Å²) in [6.07, 6.45) is 4.08. The Morgan fingerprint density at radius 3 is 2.37 bits per heavy atom. The molecule has 0 radical (unpaired) electrons. The predicted molar refractivity (Wildman–Crippen MR) is 125 cm³/mol. The van der Waals surface area contributed by atoms with Crippen LogP contribution in [0.4, 0.5) is 0 Å². The number of rotatable bonds is 9. The SMILES string of the molecule is CN=C(NCCOCC(C)C)NCc1ccc(CN2CCCCC2)cc1.I. The van der Waals surface area contributed by atoms with E-state index in [0.29, 0.717) is 12.5 Å². The molecule has 0 amide bonds. The van der Waals surface area contributed by atoms with E-state index in [1.54, 1.807) is 7.05 Å². The van der Waals surface area contributed by atoms with Gasteiger partial charge in [0.25, 0.3) is 0 Å². The van der Waals surface area contributed by atoms with Crippen molar-refractivity contribution in [2.24, 2.45) is 10.9 Å². The molecular weight excluding hydrogens is 451 g/mol. The maximum atomic E-state index is 5.58. The molecule has 0 atom stereocenters. The maximum absolute atomic E-state index is 5.58. The highest BCUT2D eigenvalue weighted by molar-refractivity contribution is 14.0. The molecule has 2 N–H and O–H groups in total. The number of ether oxygens (including phenoxy) is 1. The van der Waals surface area contributed by atoms with Crippen LogP contribution in [0.25, 0.3) is 0 Å². The molecule has 0 unspecified atom stereocenters. The first-order chi connectivity index (χ1) is 12.7. The van der Waals surface area contributed by atoms with E-state index in [4.69, 9.17) is 4.74 Å². The number of piperidine rings is 1. The first-order valence-corrected chi connectivity index (χ1v) is 10.00. The van der Waals surface area contributed by atoms with Crippen LogP contribution in [0.3, 0.4) is 0 Å². The highest BCUT2D eigenvalue weighted by Crippen LogP contribution is 2.13. The number of benzene rings is 1. The fourth-order valence-corrected chi connectivity index (χ4v) is 3.11. The van der Waals surface area contributed by atoms with Crippen LogP contribution in [0.15, 0.2) is 29.3 Å². The second kappa shape index (κ2) is 14.2. The van der Waals surface area contributed by atoms with Crippen molar-refractivity contribution in [1.82, 2.24) is 15.5 Å². The minimum atomic E-state index is 0. The summed E-state index contributed by atoms with van der Waals surface area (Å²) in [4.78, 5) is 6.82. The lowest BCUT2D eigenvalue weighted by Crippen LogP contribution is -2.38. The number of aliphatic imine (C=N–C) groups is 1. The van der Waals surface area contributed by atoms with Crippen LogP contribution in [-0.2, 0) is 17.8 Å². The fourth-order valence-electron chi connectivity index (χ4n) is 3.11. The zero-order valence-corrected chi connectivity index (χ0v) is 19.5. The molecule has 1 aliphatic heterocycles. The number of halogens is 1. The quantitative estimate of drug-likeness (QED) is 0.241. The van der Waals surface area contributed by atoms with Gasteiger partial charge in [-0.05, 0) is 43.0 Å². The van der Waals surface area contributed by atoms with Gasteiger partial charge in [-0.25, -0.2) is 0 Å². The second-order valence-corrected chi connectivity index (χ2v) is 7.47. The van der Waals surface area contributed by atoms with E-state index < -0.39 is 0 Å². The van der Waals surface area contributed by atoms with Crippen molar-refractivity contribution >= 4 is 29.9 Å². The summed E-state index contributed by atoms with van der Waals surface area (Å²) < 4.78 is 5.58. The van der Waals surface area contributed by atoms with E-state index in [1.807, 2.05) is 0 Å². The highest BCUT2D eigenvalue weighted by Gasteiger charge is 2.10. The second-order valence-electron chi connectivity index (χ2n) is 7.47. The first kappa shape index (κ1) is 24.2. The molecule has 2 rings (SSSR count). The van der Waals surface area contributed by atoms with Crippen LogP contribution < -0.4 is 10.6 Å². The predicted octanol–water partition coefficient (Wildman–Crippen LogP) is 3.63. The smallest absolute Gasteiger partial charge is 0.191 e. The van der Waals surface area contributed by atoms with Gasteiger partial charge in [-0.15, -0.1) is 24.0 Å². The van der Waals surface area contributed by atoms with Gasteiger partial charge in [-0.3, -0.25) is 9.89 Å². The molecule has 0 aromatic heterocycles. The van der Waals surface area contributed by atoms with Crippen molar-refractivity contribution in [2.45, 2.75) is 46.2 Å². The lowest BCUT2D eigenvalue weighted by Gasteiger charge is -2.26. The van der Waals surface area contributed by atoms with Crippen LogP contribution in [-0.4, -0.2) is 50.8 Å². The van der Waals surface area contributed by atoms with E-state index in [2.05, 4.69) is 58.6 Å². The molecule has 154 valence electrons. The highest BCUT2D eigenvalue weighted by atomic mass is 127. The summed E-state index contributed by atoms with van der Waals surface area (Å²) in [5.74, 6) is 1.39. The lowest BCUT2D eigenvalue weighted by atomic mass is 10.1. The average molecular weight is 488 g/mol. The minimum Gasteiger partial charge on any atom is -0.379 e. The molecule has 1 heterocycles. The molecule has 0 spiro atoms. The van der Waals surface area contributed by atoms with E-state index in [9.17, 15) is 0 Å². The summed E-state index contributed by atoms with van der Waals surface area (Å²) >= 11 is 0. The molecule has 1 fully saturated rings. The monoisotopic (exact) mass is 488 g/mol. The topological polar surface area (TPSA) is 48.9 Å². The number of hydrogen-bond donors (Lipinski definition) is 2. The molecule has 1 aromatic carbocycles. The van der Waals surface area contributed by atoms with Crippen LogP contribution in [0, 0.1) is 5.92 Å². The lowest BCUT2D eigenvalue weighted by molar-refractivity contribution is 0.114. The number of likely N-dealkylation sites (tertiary alicyclic amines) is 1. The Morgan fingerprint density at radius 1 is 1.07 bits per heavy atom. The van der Waals surface area contributed by atoms with Crippen molar-refractivity contribution < 1.29 is 4.74 Å². The van der Waals surface area contributed by atoms with Gasteiger partial charge in [0.1, 0.15) is 0 Å². The van der Waals surface area contributed by atoms with E-state index in [-0.39, 0.29) is 24.0 Å². The Labute approximate surface area is 182 Å². The van der Waals surface area contributed by atoms with Crippen molar-refractivity contribution in [3.8, 4) is 0 Å². The van der Waals surface area contributed by atoms with Gasteiger partial charge in [0, 0.05) is 33.3 Å². The molecular formula is C21H37IN4O. The van der Waals surface area contributed by atoms with E-state index in [1.165, 1.54) is 43.5 Å². The molecule has 0 bridgehead atoms. The minimum absolute atomic E-state index is 0. The molecule has 0 aliphatic carbocycles. The Kier molecular flexibility index (Phi) is 12.7. The van der Waals surface area contributed by atoms with Gasteiger partial charge in [0.2, 0.25) is 0 Å². The number of nitrogens with one attached hydrogen (secondary N) is 2. The standard InChI is InChI=1S/C21H36N4O.HI/c1-18(2)17-26-14-11-23-21(22-3)24-15-19-7-9-20(10-8-19)16-25-12-5-4-6-13-25;/h7-10,18H,4-6,11-17H2,1-3H3,(H2,22,23,24);1H. The fraction of sp³-hybridized carbons (Fsp3) is 0.667. The van der Waals surface area contributed by atoms with Gasteiger partial charge in [-0.2, -0.15) is 0 Å². The first-order valence-electron chi connectivity index (χ1n) is 10.00. The molecule has 1 aromatic rings. The number of nitrogens with zero attached hydrogens (tertiary/aromatic N) is 2. The van der Waals surface area contributed by atoms with Crippen LogP contribution in [0.2, 0.25) is 0 Å². The van der Waals surface area contributed by atoms with Crippen molar-refractivity contribution in [3.05, 3.63) is 35.4 Å². The summed E-state index contributed by atoms with van der Waals surface area (Å²) in [6, 6.07) is 8.93. The van der Waals surface area contributed by atoms with E-state index in [0.717, 1.165) is 32.2 Å². The van der Waals surface area contributed by atoms with Gasteiger partial charge < -0.3 is 15.4 Å². The summed E-state index contributed by atoms with van der Waals surface area (Å²) in [5.41, 5.74) is 2.67. The molecule has 1 aliphatic rings. The molecule has 5 nitrogen and oxygen atoms in total.